The zero-order valence-corrected chi connectivity index (χ0v) is 19.2. The molecule has 30 heavy (non-hydrogen) atoms. The molecule has 7 heteroatoms. The van der Waals surface area contributed by atoms with E-state index in [2.05, 4.69) is 33.9 Å². The fraction of sp³-hybridized carbons (Fsp3) is 0.391. The highest BCUT2D eigenvalue weighted by Gasteiger charge is 2.40. The molecule has 2 aromatic rings. The maximum Gasteiger partial charge on any atom is 0.308 e. The summed E-state index contributed by atoms with van der Waals surface area (Å²) in [5, 5.41) is 9.49. The van der Waals surface area contributed by atoms with Gasteiger partial charge in [0.05, 0.1) is 6.42 Å². The second-order valence-corrected chi connectivity index (χ2v) is 13.8. The van der Waals surface area contributed by atoms with Gasteiger partial charge in [-0.25, -0.2) is 0 Å². The van der Waals surface area contributed by atoms with Crippen molar-refractivity contribution in [2.45, 2.75) is 58.4 Å². The van der Waals surface area contributed by atoms with Gasteiger partial charge in [-0.2, -0.15) is 0 Å². The van der Waals surface area contributed by atoms with E-state index >= 15 is 0 Å². The van der Waals surface area contributed by atoms with Crippen LogP contribution >= 0.6 is 0 Å². The van der Waals surface area contributed by atoms with Gasteiger partial charge in [0.2, 0.25) is 8.32 Å². The maximum atomic E-state index is 12.9. The Hall–Kier alpha value is -2.80. The van der Waals surface area contributed by atoms with E-state index in [1.165, 1.54) is 6.92 Å². The molecule has 0 saturated carbocycles. The molecule has 3 rings (SSSR count). The average molecular weight is 429 g/mol. The summed E-state index contributed by atoms with van der Waals surface area (Å²) >= 11 is 0. The number of fused-ring (bicyclic) bond motifs is 1. The van der Waals surface area contributed by atoms with Crippen LogP contribution in [0.1, 0.15) is 56.1 Å². The molecule has 0 aromatic heterocycles. The lowest BCUT2D eigenvalue weighted by atomic mass is 9.95. The predicted molar refractivity (Wildman–Crippen MR) is 116 cm³/mol. The fourth-order valence-corrected chi connectivity index (χ4v) is 4.03. The van der Waals surface area contributed by atoms with Crippen molar-refractivity contribution in [3.8, 4) is 23.0 Å². The van der Waals surface area contributed by atoms with Gasteiger partial charge in [0, 0.05) is 19.1 Å². The average Bonchev–Trinajstić information content (AvgIpc) is 2.59. The molecule has 1 atom stereocenters. The van der Waals surface area contributed by atoms with E-state index in [-0.39, 0.29) is 34.3 Å². The van der Waals surface area contributed by atoms with E-state index in [4.69, 9.17) is 13.9 Å². The van der Waals surface area contributed by atoms with Gasteiger partial charge < -0.3 is 19.0 Å². The van der Waals surface area contributed by atoms with Gasteiger partial charge in [-0.15, -0.1) is 0 Å². The van der Waals surface area contributed by atoms with Gasteiger partial charge in [-0.1, -0.05) is 32.9 Å². The van der Waals surface area contributed by atoms with Crippen LogP contribution in [0.3, 0.4) is 0 Å². The number of hydrogen-bond donors (Lipinski definition) is 1. The molecule has 0 aliphatic carbocycles. The molecule has 6 nitrogen and oxygen atoms in total. The van der Waals surface area contributed by atoms with E-state index in [1.54, 1.807) is 36.4 Å². The fourth-order valence-electron chi connectivity index (χ4n) is 3.02. The molecule has 0 bridgehead atoms. The summed E-state index contributed by atoms with van der Waals surface area (Å²) < 4.78 is 17.8. The SMILES string of the molecule is CC(=O)Oc1cc(O[Si](C)(C)C(C)(C)C)cc2c1C(=O)C[C@@H](c1ccc(O)cc1)O2. The van der Waals surface area contributed by atoms with Crippen LogP contribution in [0.4, 0.5) is 0 Å². The van der Waals surface area contributed by atoms with Gasteiger partial charge in [0.25, 0.3) is 0 Å². The van der Waals surface area contributed by atoms with E-state index < -0.39 is 20.4 Å². The summed E-state index contributed by atoms with van der Waals surface area (Å²) in [5.41, 5.74) is 1.03. The molecule has 1 N–H and O–H groups in total. The smallest absolute Gasteiger partial charge is 0.308 e. The first-order chi connectivity index (χ1) is 13.9. The third-order valence-corrected chi connectivity index (χ3v) is 10.0. The summed E-state index contributed by atoms with van der Waals surface area (Å²) in [4.78, 5) is 24.6. The largest absolute Gasteiger partial charge is 0.543 e. The molecular weight excluding hydrogens is 400 g/mol. The van der Waals surface area contributed by atoms with Crippen LogP contribution in [-0.2, 0) is 4.79 Å². The third-order valence-electron chi connectivity index (χ3n) is 5.66. The topological polar surface area (TPSA) is 82.1 Å². The number of ketones is 1. The van der Waals surface area contributed by atoms with Crippen molar-refractivity contribution in [1.29, 1.82) is 0 Å². The Labute approximate surface area is 177 Å². The quantitative estimate of drug-likeness (QED) is 0.398. The summed E-state index contributed by atoms with van der Waals surface area (Å²) in [7, 11) is -2.17. The number of hydrogen-bond acceptors (Lipinski definition) is 6. The Balaban J connectivity index is 2.03. The number of ether oxygens (including phenoxy) is 2. The number of rotatable bonds is 4. The highest BCUT2D eigenvalue weighted by molar-refractivity contribution is 6.74. The van der Waals surface area contributed by atoms with E-state index in [0.29, 0.717) is 11.5 Å². The van der Waals surface area contributed by atoms with Crippen LogP contribution in [0.15, 0.2) is 36.4 Å². The molecule has 1 aliphatic rings. The van der Waals surface area contributed by atoms with Crippen LogP contribution in [0.25, 0.3) is 0 Å². The van der Waals surface area contributed by atoms with Gasteiger partial charge in [0.1, 0.15) is 34.7 Å². The minimum Gasteiger partial charge on any atom is -0.543 e. The molecule has 1 aliphatic heterocycles. The van der Waals surface area contributed by atoms with Crippen LogP contribution in [0.2, 0.25) is 18.1 Å². The Kier molecular flexibility index (Phi) is 5.69. The monoisotopic (exact) mass is 428 g/mol. The lowest BCUT2D eigenvalue weighted by molar-refractivity contribution is -0.131. The standard InChI is InChI=1S/C23H28O6Si/c1-14(24)27-20-11-17(29-30(5,6)23(2,3)4)12-21-22(20)18(26)13-19(28-21)15-7-9-16(25)10-8-15/h7-12,19,25H,13H2,1-6H3/t19-/m0/s1. The number of phenols is 1. The Bertz CT molecular complexity index is 972. The Morgan fingerprint density at radius 1 is 1.17 bits per heavy atom. The zero-order chi connectivity index (χ0) is 22.3. The first kappa shape index (κ1) is 21.9. The Morgan fingerprint density at radius 3 is 2.37 bits per heavy atom. The first-order valence-corrected chi connectivity index (χ1v) is 12.8. The molecule has 1 heterocycles. The number of aromatic hydroxyl groups is 1. The van der Waals surface area contributed by atoms with Crippen molar-refractivity contribution >= 4 is 20.1 Å². The number of Topliss-reactive ketones (excluding diaryl/α,β-unsaturated/α-hetero) is 1. The molecule has 0 unspecified atom stereocenters. The van der Waals surface area contributed by atoms with Crippen LogP contribution in [-0.4, -0.2) is 25.2 Å². The molecule has 160 valence electrons. The maximum absolute atomic E-state index is 12.9. The summed E-state index contributed by atoms with van der Waals surface area (Å²) in [6.45, 7) is 11.9. The van der Waals surface area contributed by atoms with Crippen LogP contribution in [0, 0.1) is 0 Å². The number of carbonyl (C=O) groups excluding carboxylic acids is 2. The summed E-state index contributed by atoms with van der Waals surface area (Å²) in [6, 6.07) is 9.86. The molecule has 0 radical (unpaired) electrons. The van der Waals surface area contributed by atoms with Gasteiger partial charge >= 0.3 is 5.97 Å². The second-order valence-electron chi connectivity index (χ2n) is 9.08. The van der Waals surface area contributed by atoms with Crippen molar-refractivity contribution in [3.05, 3.63) is 47.5 Å². The molecule has 0 spiro atoms. The van der Waals surface area contributed by atoms with Crippen molar-refractivity contribution in [3.63, 3.8) is 0 Å². The molecule has 0 saturated heterocycles. The van der Waals surface area contributed by atoms with Crippen molar-refractivity contribution in [1.82, 2.24) is 0 Å². The van der Waals surface area contributed by atoms with Crippen molar-refractivity contribution in [2.24, 2.45) is 0 Å². The van der Waals surface area contributed by atoms with E-state index in [0.717, 1.165) is 5.56 Å². The summed E-state index contributed by atoms with van der Waals surface area (Å²) in [5.74, 6) is 0.443. The molecular formula is C23H28O6Si. The number of esters is 1. The van der Waals surface area contributed by atoms with E-state index in [9.17, 15) is 14.7 Å². The normalized spacial score (nSPS) is 16.5. The van der Waals surface area contributed by atoms with Gasteiger partial charge in [0.15, 0.2) is 5.78 Å². The van der Waals surface area contributed by atoms with E-state index in [1.807, 2.05) is 0 Å². The van der Waals surface area contributed by atoms with Crippen LogP contribution in [0.5, 0.6) is 23.0 Å². The number of benzene rings is 2. The van der Waals surface area contributed by atoms with Gasteiger partial charge in [-0.3, -0.25) is 9.59 Å². The second kappa shape index (κ2) is 7.79. The third kappa shape index (κ3) is 4.51. The molecule has 2 aromatic carbocycles. The summed E-state index contributed by atoms with van der Waals surface area (Å²) in [6.07, 6.45) is -0.395. The predicted octanol–water partition coefficient (Wildman–Crippen LogP) is 5.41. The zero-order valence-electron chi connectivity index (χ0n) is 18.2. The highest BCUT2D eigenvalue weighted by atomic mass is 28.4. The number of carbonyl (C=O) groups is 2. The molecule has 0 fully saturated rings. The first-order valence-electron chi connectivity index (χ1n) is 9.91. The van der Waals surface area contributed by atoms with Crippen LogP contribution < -0.4 is 13.9 Å². The lowest BCUT2D eigenvalue weighted by Gasteiger charge is -2.37. The number of phenolic OH excluding ortho intramolecular Hbond substituents is 1. The molecule has 0 amide bonds. The lowest BCUT2D eigenvalue weighted by Crippen LogP contribution is -2.43. The van der Waals surface area contributed by atoms with Gasteiger partial charge in [-0.05, 0) is 35.8 Å². The minimum atomic E-state index is -2.17. The van der Waals surface area contributed by atoms with Crippen molar-refractivity contribution < 1.29 is 28.6 Å². The van der Waals surface area contributed by atoms with Crippen molar-refractivity contribution in [2.75, 3.05) is 0 Å². The highest BCUT2D eigenvalue weighted by Crippen LogP contribution is 2.45. The minimum absolute atomic E-state index is 0.0320. The Morgan fingerprint density at radius 2 is 1.80 bits per heavy atom.